The molecule has 2 aliphatic heterocycles. The lowest BCUT2D eigenvalue weighted by molar-refractivity contribution is -0.112. The van der Waals surface area contributed by atoms with Gasteiger partial charge in [-0.2, -0.15) is 4.98 Å². The van der Waals surface area contributed by atoms with Gasteiger partial charge in [-0.25, -0.2) is 9.98 Å². The van der Waals surface area contributed by atoms with Crippen molar-refractivity contribution in [1.82, 2.24) is 14.9 Å². The van der Waals surface area contributed by atoms with Gasteiger partial charge in [0.05, 0.1) is 40.8 Å². The number of nitrogens with zero attached hydrogens (tertiary/aromatic N) is 6. The van der Waals surface area contributed by atoms with Crippen molar-refractivity contribution in [1.29, 1.82) is 0 Å². The Kier molecular flexibility index (Phi) is 9.32. The van der Waals surface area contributed by atoms with Crippen LogP contribution >= 0.6 is 11.6 Å². The van der Waals surface area contributed by atoms with E-state index in [1.165, 1.54) is 0 Å². The molecule has 0 spiro atoms. The number of hydrogen-bond acceptors (Lipinski definition) is 11. The molecule has 2 N–H and O–H groups in total. The standard InChI is InChI=1S/C34H36ClN7O5/c1-44-25-7-5-6-24(18-25)41-12-10-40(11-13-41)20-42-27-9-8-23(35)17-26(27)30(33(42)43)38-34-37-19-22(32(36)39-34)14-21-15-28(45-2)31(47-4)29(16-21)46-3/h5-9,15-19H,10-14,20H2,1-4H3,(H2,36,37,39)/b38-30-. The van der Waals surface area contributed by atoms with Crippen LogP contribution in [0.25, 0.3) is 0 Å². The van der Waals surface area contributed by atoms with Crippen LogP contribution in [0.4, 0.5) is 23.1 Å². The number of carbonyl (C=O) groups excluding carboxylic acids is 1. The quantitative estimate of drug-likeness (QED) is 0.259. The van der Waals surface area contributed by atoms with Crippen molar-refractivity contribution < 1.29 is 23.7 Å². The molecule has 2 aliphatic rings. The normalized spacial score (nSPS) is 15.6. The maximum atomic E-state index is 13.9. The Labute approximate surface area is 278 Å². The van der Waals surface area contributed by atoms with Gasteiger partial charge >= 0.3 is 0 Å². The van der Waals surface area contributed by atoms with E-state index in [1.807, 2.05) is 36.4 Å². The average Bonchev–Trinajstić information content (AvgIpc) is 3.34. The fraction of sp³-hybridized carbons (Fsp3) is 0.294. The van der Waals surface area contributed by atoms with Crippen molar-refractivity contribution >= 4 is 46.4 Å². The molecular weight excluding hydrogens is 622 g/mol. The zero-order valence-corrected chi connectivity index (χ0v) is 27.5. The number of benzene rings is 3. The second-order valence-electron chi connectivity index (χ2n) is 11.1. The molecule has 244 valence electrons. The third-order valence-corrected chi connectivity index (χ3v) is 8.54. The maximum absolute atomic E-state index is 13.9. The van der Waals surface area contributed by atoms with Crippen LogP contribution in [0, 0.1) is 0 Å². The Bertz CT molecular complexity index is 1800. The number of aromatic nitrogens is 2. The summed E-state index contributed by atoms with van der Waals surface area (Å²) in [7, 11) is 6.35. The minimum Gasteiger partial charge on any atom is -0.497 e. The highest BCUT2D eigenvalue weighted by Gasteiger charge is 2.36. The first-order valence-electron chi connectivity index (χ1n) is 15.0. The second kappa shape index (κ2) is 13.7. The highest BCUT2D eigenvalue weighted by atomic mass is 35.5. The molecule has 3 heterocycles. The number of fused-ring (bicyclic) bond motifs is 1. The van der Waals surface area contributed by atoms with E-state index in [2.05, 4.69) is 30.8 Å². The van der Waals surface area contributed by atoms with E-state index in [0.29, 0.717) is 46.5 Å². The number of halogens is 1. The fourth-order valence-corrected chi connectivity index (χ4v) is 6.02. The first-order valence-corrected chi connectivity index (χ1v) is 15.4. The number of piperazine rings is 1. The zero-order chi connectivity index (χ0) is 33.1. The van der Waals surface area contributed by atoms with Gasteiger partial charge in [0, 0.05) is 66.7 Å². The van der Waals surface area contributed by atoms with Crippen molar-refractivity contribution in [2.24, 2.45) is 4.99 Å². The number of rotatable bonds is 10. The van der Waals surface area contributed by atoms with Crippen LogP contribution < -0.4 is 34.5 Å². The molecule has 0 atom stereocenters. The van der Waals surface area contributed by atoms with Crippen LogP contribution in [0.2, 0.25) is 5.02 Å². The molecule has 0 unspecified atom stereocenters. The Morgan fingerprint density at radius 2 is 1.66 bits per heavy atom. The number of aliphatic imine (C=N–C) groups is 1. The lowest BCUT2D eigenvalue weighted by Crippen LogP contribution is -2.51. The predicted molar refractivity (Wildman–Crippen MR) is 182 cm³/mol. The topological polar surface area (TPSA) is 128 Å². The summed E-state index contributed by atoms with van der Waals surface area (Å²) >= 11 is 6.37. The largest absolute Gasteiger partial charge is 0.497 e. The lowest BCUT2D eigenvalue weighted by Gasteiger charge is -2.37. The number of methoxy groups -OCH3 is 4. The summed E-state index contributed by atoms with van der Waals surface area (Å²) < 4.78 is 21.8. The number of nitrogens with two attached hydrogens (primary N) is 1. The Morgan fingerprint density at radius 3 is 2.32 bits per heavy atom. The molecule has 0 bridgehead atoms. The summed E-state index contributed by atoms with van der Waals surface area (Å²) in [5.41, 5.74) is 10.6. The maximum Gasteiger partial charge on any atom is 0.278 e. The van der Waals surface area contributed by atoms with Crippen LogP contribution in [0.5, 0.6) is 23.0 Å². The summed E-state index contributed by atoms with van der Waals surface area (Å²) in [6, 6.07) is 17.1. The smallest absolute Gasteiger partial charge is 0.278 e. The van der Waals surface area contributed by atoms with Gasteiger partial charge in [0.2, 0.25) is 5.75 Å². The molecule has 47 heavy (non-hydrogen) atoms. The second-order valence-corrected chi connectivity index (χ2v) is 11.5. The molecule has 0 aliphatic carbocycles. The van der Waals surface area contributed by atoms with Gasteiger partial charge in [-0.15, -0.1) is 0 Å². The third kappa shape index (κ3) is 6.60. The Morgan fingerprint density at radius 1 is 0.915 bits per heavy atom. The molecular formula is C34H36ClN7O5. The Hall–Kier alpha value is -5.07. The van der Waals surface area contributed by atoms with E-state index in [0.717, 1.165) is 48.9 Å². The number of amides is 1. The minimum absolute atomic E-state index is 0.0826. The van der Waals surface area contributed by atoms with E-state index < -0.39 is 0 Å². The van der Waals surface area contributed by atoms with Gasteiger partial charge in [-0.05, 0) is 48.0 Å². The molecule has 3 aromatic carbocycles. The summed E-state index contributed by atoms with van der Waals surface area (Å²) in [5.74, 6) is 2.47. The van der Waals surface area contributed by atoms with Gasteiger partial charge in [0.25, 0.3) is 11.9 Å². The summed E-state index contributed by atoms with van der Waals surface area (Å²) in [4.78, 5) is 33.6. The van der Waals surface area contributed by atoms with Crippen LogP contribution in [0.15, 0.2) is 65.8 Å². The molecule has 1 fully saturated rings. The van der Waals surface area contributed by atoms with Crippen LogP contribution in [0.3, 0.4) is 0 Å². The summed E-state index contributed by atoms with van der Waals surface area (Å²) in [6.45, 7) is 3.61. The van der Waals surface area contributed by atoms with Gasteiger partial charge in [0.1, 0.15) is 17.3 Å². The first kappa shape index (κ1) is 31.9. The van der Waals surface area contributed by atoms with Gasteiger partial charge in [0.15, 0.2) is 11.5 Å². The Balaban J connectivity index is 1.20. The van der Waals surface area contributed by atoms with Crippen molar-refractivity contribution in [3.63, 3.8) is 0 Å². The minimum atomic E-state index is -0.249. The van der Waals surface area contributed by atoms with Crippen molar-refractivity contribution in [2.75, 3.05) is 76.8 Å². The molecule has 13 heteroatoms. The number of carbonyl (C=O) groups is 1. The average molecular weight is 658 g/mol. The summed E-state index contributed by atoms with van der Waals surface area (Å²) in [6.07, 6.45) is 2.03. The van der Waals surface area contributed by atoms with Crippen LogP contribution in [-0.4, -0.2) is 87.8 Å². The van der Waals surface area contributed by atoms with E-state index in [4.69, 9.17) is 36.3 Å². The van der Waals surface area contributed by atoms with Crippen molar-refractivity contribution in [3.8, 4) is 23.0 Å². The molecule has 0 saturated carbocycles. The number of nitrogen functional groups attached to an aromatic ring is 1. The van der Waals surface area contributed by atoms with Crippen LogP contribution in [-0.2, 0) is 11.2 Å². The van der Waals surface area contributed by atoms with E-state index >= 15 is 0 Å². The van der Waals surface area contributed by atoms with Crippen LogP contribution in [0.1, 0.15) is 16.7 Å². The predicted octanol–water partition coefficient (Wildman–Crippen LogP) is 4.58. The lowest BCUT2D eigenvalue weighted by atomic mass is 10.1. The van der Waals surface area contributed by atoms with Gasteiger partial charge in [-0.3, -0.25) is 14.6 Å². The third-order valence-electron chi connectivity index (χ3n) is 8.30. The number of anilines is 3. The van der Waals surface area contributed by atoms with Crippen molar-refractivity contribution in [3.05, 3.63) is 82.5 Å². The monoisotopic (exact) mass is 657 g/mol. The summed E-state index contributed by atoms with van der Waals surface area (Å²) in [5, 5.41) is 0.499. The molecule has 0 radical (unpaired) electrons. The van der Waals surface area contributed by atoms with Crippen molar-refractivity contribution in [2.45, 2.75) is 6.42 Å². The highest BCUT2D eigenvalue weighted by molar-refractivity contribution is 6.55. The highest BCUT2D eigenvalue weighted by Crippen LogP contribution is 2.39. The fourth-order valence-electron chi connectivity index (χ4n) is 5.85. The van der Waals surface area contributed by atoms with E-state index in [1.54, 1.807) is 51.7 Å². The molecule has 12 nitrogen and oxygen atoms in total. The molecule has 6 rings (SSSR count). The molecule has 4 aromatic rings. The molecule has 1 saturated heterocycles. The van der Waals surface area contributed by atoms with E-state index in [-0.39, 0.29) is 23.4 Å². The first-order chi connectivity index (χ1) is 22.8. The number of ether oxygens (including phenoxy) is 4. The molecule has 1 amide bonds. The van der Waals surface area contributed by atoms with Gasteiger partial charge < -0.3 is 29.6 Å². The zero-order valence-electron chi connectivity index (χ0n) is 26.7. The molecule has 1 aromatic heterocycles. The SMILES string of the molecule is COc1cccc(N2CCN(CN3C(=O)/C(=N\c4ncc(Cc5cc(OC)c(OC)c(OC)c5)c(N)n4)c4cc(Cl)ccc43)CC2)c1. The van der Waals surface area contributed by atoms with E-state index in [9.17, 15) is 4.79 Å². The van der Waals surface area contributed by atoms with Gasteiger partial charge in [-0.1, -0.05) is 17.7 Å². The number of hydrogen-bond donors (Lipinski definition) is 1.